The van der Waals surface area contributed by atoms with Gasteiger partial charge in [-0.2, -0.15) is 0 Å². The van der Waals surface area contributed by atoms with Gasteiger partial charge in [0.05, 0.1) is 11.6 Å². The minimum Gasteiger partial charge on any atom is -0.304 e. The van der Waals surface area contributed by atoms with E-state index >= 15 is 0 Å². The van der Waals surface area contributed by atoms with Crippen LogP contribution >= 0.6 is 11.6 Å². The molecular weight excluding hydrogens is 237 g/mol. The van der Waals surface area contributed by atoms with Gasteiger partial charge in [-0.3, -0.25) is 0 Å². The number of benzene rings is 2. The summed E-state index contributed by atoms with van der Waals surface area (Å²) in [4.78, 5) is 0. The van der Waals surface area contributed by atoms with Crippen molar-refractivity contribution in [3.63, 3.8) is 0 Å². The van der Waals surface area contributed by atoms with Crippen LogP contribution in [0.15, 0.2) is 48.5 Å². The van der Waals surface area contributed by atoms with Crippen molar-refractivity contribution in [3.05, 3.63) is 77.0 Å². The van der Waals surface area contributed by atoms with E-state index in [1.807, 2.05) is 36.9 Å². The Kier molecular flexibility index (Phi) is 4.13. The second-order valence-electron chi connectivity index (χ2n) is 3.68. The molecule has 2 aromatic rings. The molecule has 0 aliphatic rings. The van der Waals surface area contributed by atoms with Crippen LogP contribution < -0.4 is 5.32 Å². The molecule has 0 unspecified atom stereocenters. The predicted molar refractivity (Wildman–Crippen MR) is 68.1 cm³/mol. The molecule has 0 spiro atoms. The lowest BCUT2D eigenvalue weighted by Crippen LogP contribution is -2.10. The fourth-order valence-corrected chi connectivity index (χ4v) is 1.60. The molecule has 0 bridgehead atoms. The average Bonchev–Trinajstić information content (AvgIpc) is 2.35. The van der Waals surface area contributed by atoms with E-state index in [1.54, 1.807) is 12.1 Å². The van der Waals surface area contributed by atoms with E-state index < -0.39 is 0 Å². The zero-order valence-electron chi connectivity index (χ0n) is 9.16. The molecule has 3 heteroatoms. The van der Waals surface area contributed by atoms with Crippen LogP contribution in [0.2, 0.25) is 5.02 Å². The highest BCUT2D eigenvalue weighted by atomic mass is 35.5. The topological polar surface area (TPSA) is 12.0 Å². The van der Waals surface area contributed by atoms with E-state index in [2.05, 4.69) is 5.32 Å². The van der Waals surface area contributed by atoms with Gasteiger partial charge in [0.25, 0.3) is 0 Å². The molecular formula is C14H12ClFN. The first-order valence-electron chi connectivity index (χ1n) is 5.31. The minimum atomic E-state index is -0.384. The van der Waals surface area contributed by atoms with Gasteiger partial charge in [-0.25, -0.2) is 4.39 Å². The van der Waals surface area contributed by atoms with Gasteiger partial charge in [-0.1, -0.05) is 48.0 Å². The molecule has 17 heavy (non-hydrogen) atoms. The summed E-state index contributed by atoms with van der Waals surface area (Å²) in [6, 6.07) is 14.7. The maximum Gasteiger partial charge on any atom is 0.142 e. The van der Waals surface area contributed by atoms with Gasteiger partial charge in [0.2, 0.25) is 0 Å². The van der Waals surface area contributed by atoms with Crippen LogP contribution in [0.3, 0.4) is 0 Å². The summed E-state index contributed by atoms with van der Waals surface area (Å²) in [5.41, 5.74) is 1.95. The van der Waals surface area contributed by atoms with Gasteiger partial charge in [-0.05, 0) is 23.3 Å². The summed E-state index contributed by atoms with van der Waals surface area (Å²) >= 11 is 5.61. The number of nitrogens with one attached hydrogen (secondary N) is 1. The second-order valence-corrected chi connectivity index (χ2v) is 4.09. The maximum atomic E-state index is 13.2. The van der Waals surface area contributed by atoms with E-state index in [0.29, 0.717) is 6.54 Å². The molecule has 0 saturated carbocycles. The highest BCUT2D eigenvalue weighted by Crippen LogP contribution is 2.15. The third-order valence-corrected chi connectivity index (χ3v) is 2.67. The third-order valence-electron chi connectivity index (χ3n) is 2.36. The Labute approximate surface area is 105 Å². The Morgan fingerprint density at radius 1 is 1.12 bits per heavy atom. The molecule has 0 aromatic heterocycles. The first-order valence-corrected chi connectivity index (χ1v) is 5.69. The smallest absolute Gasteiger partial charge is 0.142 e. The van der Waals surface area contributed by atoms with Crippen LogP contribution in [0.25, 0.3) is 0 Å². The predicted octanol–water partition coefficient (Wildman–Crippen LogP) is 3.78. The normalized spacial score (nSPS) is 10.5. The molecule has 1 N–H and O–H groups in total. The van der Waals surface area contributed by atoms with E-state index in [1.165, 1.54) is 6.07 Å². The minimum absolute atomic E-state index is 0.154. The Morgan fingerprint density at radius 2 is 1.88 bits per heavy atom. The Balaban J connectivity index is 1.88. The first-order chi connectivity index (χ1) is 8.25. The van der Waals surface area contributed by atoms with Crippen molar-refractivity contribution < 1.29 is 4.39 Å². The monoisotopic (exact) mass is 248 g/mol. The Bertz CT molecular complexity index is 485. The molecule has 1 radical (unpaired) electrons. The molecule has 0 aliphatic carbocycles. The second kappa shape index (κ2) is 5.80. The maximum absolute atomic E-state index is 13.2. The molecule has 0 aliphatic heterocycles. The largest absolute Gasteiger partial charge is 0.304 e. The standard InChI is InChI=1S/C14H12ClFN/c15-13-7-6-12(8-14(13)16)10-17-9-11-4-2-1-3-5-11/h1-9,17H,10H2. The molecule has 0 heterocycles. The Hall–Kier alpha value is -1.38. The molecule has 2 rings (SSSR count). The molecule has 0 fully saturated rings. The van der Waals surface area contributed by atoms with Gasteiger partial charge in [0.1, 0.15) is 5.82 Å². The van der Waals surface area contributed by atoms with E-state index in [4.69, 9.17) is 11.6 Å². The summed E-state index contributed by atoms with van der Waals surface area (Å²) in [7, 11) is 0. The summed E-state index contributed by atoms with van der Waals surface area (Å²) in [5.74, 6) is -0.384. The molecule has 87 valence electrons. The van der Waals surface area contributed by atoms with Gasteiger partial charge in [-0.15, -0.1) is 0 Å². The third kappa shape index (κ3) is 3.55. The van der Waals surface area contributed by atoms with Crippen molar-refractivity contribution in [3.8, 4) is 0 Å². The molecule has 1 nitrogen and oxygen atoms in total. The first kappa shape index (κ1) is 12.1. The van der Waals surface area contributed by atoms with Gasteiger partial charge < -0.3 is 5.32 Å². The van der Waals surface area contributed by atoms with E-state index in [0.717, 1.165) is 11.1 Å². The fourth-order valence-electron chi connectivity index (χ4n) is 1.49. The van der Waals surface area contributed by atoms with Crippen LogP contribution in [0.1, 0.15) is 11.1 Å². The summed E-state index contributed by atoms with van der Waals surface area (Å²) < 4.78 is 13.2. The van der Waals surface area contributed by atoms with Crippen LogP contribution in [-0.4, -0.2) is 0 Å². The highest BCUT2D eigenvalue weighted by molar-refractivity contribution is 6.30. The molecule has 0 saturated heterocycles. The highest BCUT2D eigenvalue weighted by Gasteiger charge is 2.00. The van der Waals surface area contributed by atoms with Crippen molar-refractivity contribution in [2.45, 2.75) is 6.54 Å². The molecule has 0 amide bonds. The van der Waals surface area contributed by atoms with E-state index in [-0.39, 0.29) is 10.8 Å². The SMILES string of the molecule is Fc1cc(CN[CH]c2ccccc2)ccc1Cl. The van der Waals surface area contributed by atoms with Crippen molar-refractivity contribution in [1.29, 1.82) is 0 Å². The van der Waals surface area contributed by atoms with Crippen LogP contribution in [0.4, 0.5) is 4.39 Å². The van der Waals surface area contributed by atoms with Crippen molar-refractivity contribution in [2.24, 2.45) is 0 Å². The zero-order chi connectivity index (χ0) is 12.1. The average molecular weight is 249 g/mol. The fraction of sp³-hybridized carbons (Fsp3) is 0.0714. The molecule has 2 aromatic carbocycles. The summed E-state index contributed by atoms with van der Waals surface area (Å²) in [6.07, 6.45) is 0. The number of hydrogen-bond acceptors (Lipinski definition) is 1. The summed E-state index contributed by atoms with van der Waals surface area (Å²) in [6.45, 7) is 2.47. The van der Waals surface area contributed by atoms with Crippen LogP contribution in [-0.2, 0) is 6.54 Å². The Morgan fingerprint density at radius 3 is 2.59 bits per heavy atom. The molecule has 0 atom stereocenters. The lowest BCUT2D eigenvalue weighted by atomic mass is 10.2. The van der Waals surface area contributed by atoms with E-state index in [9.17, 15) is 4.39 Å². The van der Waals surface area contributed by atoms with Crippen LogP contribution in [0, 0.1) is 12.4 Å². The lowest BCUT2D eigenvalue weighted by Gasteiger charge is -2.05. The number of hydrogen-bond donors (Lipinski definition) is 1. The zero-order valence-corrected chi connectivity index (χ0v) is 9.92. The number of halogens is 2. The van der Waals surface area contributed by atoms with Gasteiger partial charge in [0, 0.05) is 6.54 Å². The van der Waals surface area contributed by atoms with Gasteiger partial charge >= 0.3 is 0 Å². The van der Waals surface area contributed by atoms with Crippen molar-refractivity contribution in [2.75, 3.05) is 0 Å². The summed E-state index contributed by atoms with van der Waals surface area (Å²) in [5, 5.41) is 3.28. The lowest BCUT2D eigenvalue weighted by molar-refractivity contribution is 0.624. The quantitative estimate of drug-likeness (QED) is 0.868. The van der Waals surface area contributed by atoms with Gasteiger partial charge in [0.15, 0.2) is 0 Å². The van der Waals surface area contributed by atoms with Crippen molar-refractivity contribution in [1.82, 2.24) is 5.32 Å². The van der Waals surface area contributed by atoms with Crippen molar-refractivity contribution >= 4 is 11.6 Å². The number of rotatable bonds is 4. The van der Waals surface area contributed by atoms with Crippen LogP contribution in [0.5, 0.6) is 0 Å².